The van der Waals surface area contributed by atoms with Gasteiger partial charge in [0.25, 0.3) is 5.91 Å². The Labute approximate surface area is 115 Å². The molecule has 0 radical (unpaired) electrons. The van der Waals surface area contributed by atoms with E-state index in [-0.39, 0.29) is 17.7 Å². The second-order valence-corrected chi connectivity index (χ2v) is 4.45. The molecule has 3 N–H and O–H groups in total. The quantitative estimate of drug-likeness (QED) is 0.905. The molecule has 0 bridgehead atoms. The third-order valence-corrected chi connectivity index (χ3v) is 2.89. The number of aryl methyl sites for hydroxylation is 1. The van der Waals surface area contributed by atoms with Crippen LogP contribution in [0.15, 0.2) is 36.4 Å². The second-order valence-electron chi connectivity index (χ2n) is 4.45. The van der Waals surface area contributed by atoms with Gasteiger partial charge in [0.05, 0.1) is 5.56 Å². The highest BCUT2D eigenvalue weighted by Crippen LogP contribution is 2.17. The predicted molar refractivity (Wildman–Crippen MR) is 73.4 cm³/mol. The van der Waals surface area contributed by atoms with Crippen molar-refractivity contribution < 1.29 is 13.6 Å². The van der Waals surface area contributed by atoms with Crippen molar-refractivity contribution in [2.75, 3.05) is 5.32 Å². The van der Waals surface area contributed by atoms with Crippen molar-refractivity contribution >= 4 is 11.6 Å². The van der Waals surface area contributed by atoms with Gasteiger partial charge in [0.2, 0.25) is 0 Å². The molecule has 2 aromatic carbocycles. The second kappa shape index (κ2) is 5.79. The fraction of sp³-hybridized carbons (Fsp3) is 0.133. The van der Waals surface area contributed by atoms with E-state index in [1.54, 1.807) is 13.0 Å². The Morgan fingerprint density at radius 3 is 2.55 bits per heavy atom. The third-order valence-electron chi connectivity index (χ3n) is 2.89. The third kappa shape index (κ3) is 3.00. The van der Waals surface area contributed by atoms with Crippen LogP contribution in [0.3, 0.4) is 0 Å². The van der Waals surface area contributed by atoms with E-state index in [4.69, 9.17) is 5.73 Å². The number of hydrogen-bond acceptors (Lipinski definition) is 2. The Bertz CT molecular complexity index is 656. The van der Waals surface area contributed by atoms with Crippen LogP contribution < -0.4 is 11.1 Å². The van der Waals surface area contributed by atoms with E-state index in [0.717, 1.165) is 5.56 Å². The SMILES string of the molecule is Cc1ccc(F)c(C(=O)Nc2ccc(F)c(CN)c2)c1. The van der Waals surface area contributed by atoms with Crippen LogP contribution in [-0.2, 0) is 6.54 Å². The van der Waals surface area contributed by atoms with Crippen molar-refractivity contribution in [2.45, 2.75) is 13.5 Å². The Balaban J connectivity index is 2.25. The smallest absolute Gasteiger partial charge is 0.258 e. The average molecular weight is 276 g/mol. The van der Waals surface area contributed by atoms with Crippen LogP contribution in [0.1, 0.15) is 21.5 Å². The van der Waals surface area contributed by atoms with E-state index in [1.807, 2.05) is 0 Å². The fourth-order valence-corrected chi connectivity index (χ4v) is 1.82. The first-order valence-corrected chi connectivity index (χ1v) is 6.07. The lowest BCUT2D eigenvalue weighted by atomic mass is 10.1. The summed E-state index contributed by atoms with van der Waals surface area (Å²) in [7, 11) is 0. The summed E-state index contributed by atoms with van der Waals surface area (Å²) in [6.07, 6.45) is 0. The molecule has 104 valence electrons. The van der Waals surface area contributed by atoms with Crippen molar-refractivity contribution in [3.63, 3.8) is 0 Å². The number of anilines is 1. The van der Waals surface area contributed by atoms with Crippen LogP contribution in [0.4, 0.5) is 14.5 Å². The minimum Gasteiger partial charge on any atom is -0.326 e. The van der Waals surface area contributed by atoms with Gasteiger partial charge in [0, 0.05) is 17.8 Å². The highest BCUT2D eigenvalue weighted by molar-refractivity contribution is 6.04. The molecule has 0 atom stereocenters. The molecule has 0 spiro atoms. The normalized spacial score (nSPS) is 10.4. The Kier molecular flexibility index (Phi) is 4.10. The maximum absolute atomic E-state index is 13.6. The van der Waals surface area contributed by atoms with Crippen LogP contribution in [0.2, 0.25) is 0 Å². The Morgan fingerprint density at radius 2 is 1.85 bits per heavy atom. The summed E-state index contributed by atoms with van der Waals surface area (Å²) in [6.45, 7) is 1.79. The van der Waals surface area contributed by atoms with Crippen molar-refractivity contribution in [1.82, 2.24) is 0 Å². The standard InChI is InChI=1S/C15H14F2N2O/c1-9-2-4-14(17)12(6-9)15(20)19-11-3-5-13(16)10(7-11)8-18/h2-7H,8,18H2,1H3,(H,19,20). The fourth-order valence-electron chi connectivity index (χ4n) is 1.82. The summed E-state index contributed by atoms with van der Waals surface area (Å²) in [5, 5.41) is 2.53. The van der Waals surface area contributed by atoms with E-state index in [2.05, 4.69) is 5.32 Å². The van der Waals surface area contributed by atoms with E-state index in [9.17, 15) is 13.6 Å². The maximum atomic E-state index is 13.6. The van der Waals surface area contributed by atoms with Crippen molar-refractivity contribution in [2.24, 2.45) is 5.73 Å². The lowest BCUT2D eigenvalue weighted by Crippen LogP contribution is -2.14. The largest absolute Gasteiger partial charge is 0.326 e. The molecule has 0 heterocycles. The number of halogens is 2. The van der Waals surface area contributed by atoms with Gasteiger partial charge in [-0.3, -0.25) is 4.79 Å². The molecule has 0 fully saturated rings. The summed E-state index contributed by atoms with van der Waals surface area (Å²) in [4.78, 5) is 12.0. The number of rotatable bonds is 3. The monoisotopic (exact) mass is 276 g/mol. The highest BCUT2D eigenvalue weighted by atomic mass is 19.1. The summed E-state index contributed by atoms with van der Waals surface area (Å²) >= 11 is 0. The van der Waals surface area contributed by atoms with Gasteiger partial charge in [-0.1, -0.05) is 11.6 Å². The molecule has 0 aliphatic heterocycles. The molecule has 0 aliphatic rings. The molecule has 2 rings (SSSR count). The van der Waals surface area contributed by atoms with Gasteiger partial charge in [-0.05, 0) is 37.3 Å². The van der Waals surface area contributed by atoms with E-state index in [0.29, 0.717) is 5.69 Å². The van der Waals surface area contributed by atoms with Gasteiger partial charge in [-0.25, -0.2) is 8.78 Å². The summed E-state index contributed by atoms with van der Waals surface area (Å²) in [5.74, 6) is -1.62. The molecule has 20 heavy (non-hydrogen) atoms. The van der Waals surface area contributed by atoms with Crippen molar-refractivity contribution in [3.8, 4) is 0 Å². The topological polar surface area (TPSA) is 55.1 Å². The van der Waals surface area contributed by atoms with Crippen LogP contribution in [0.5, 0.6) is 0 Å². The molecule has 2 aromatic rings. The number of amides is 1. The number of carbonyl (C=O) groups excluding carboxylic acids is 1. The summed E-state index contributed by atoms with van der Waals surface area (Å²) < 4.78 is 26.9. The molecular weight excluding hydrogens is 262 g/mol. The van der Waals surface area contributed by atoms with E-state index < -0.39 is 17.5 Å². The summed E-state index contributed by atoms with van der Waals surface area (Å²) in [6, 6.07) is 8.32. The minimum absolute atomic E-state index is 0.0222. The zero-order valence-electron chi connectivity index (χ0n) is 10.9. The lowest BCUT2D eigenvalue weighted by Gasteiger charge is -2.08. The maximum Gasteiger partial charge on any atom is 0.258 e. The predicted octanol–water partition coefficient (Wildman–Crippen LogP) is 2.98. The van der Waals surface area contributed by atoms with Gasteiger partial charge >= 0.3 is 0 Å². The first kappa shape index (κ1) is 14.1. The van der Waals surface area contributed by atoms with Crippen LogP contribution in [0.25, 0.3) is 0 Å². The molecule has 0 saturated carbocycles. The zero-order chi connectivity index (χ0) is 14.7. The van der Waals surface area contributed by atoms with Crippen LogP contribution in [0, 0.1) is 18.6 Å². The molecular formula is C15H14F2N2O. The van der Waals surface area contributed by atoms with E-state index >= 15 is 0 Å². The van der Waals surface area contributed by atoms with Gasteiger partial charge in [-0.15, -0.1) is 0 Å². The Morgan fingerprint density at radius 1 is 1.15 bits per heavy atom. The number of carbonyl (C=O) groups is 1. The minimum atomic E-state index is -0.603. The van der Waals surface area contributed by atoms with Crippen LogP contribution in [-0.4, -0.2) is 5.91 Å². The van der Waals surface area contributed by atoms with Crippen molar-refractivity contribution in [3.05, 3.63) is 64.7 Å². The van der Waals surface area contributed by atoms with Crippen LogP contribution >= 0.6 is 0 Å². The number of nitrogens with one attached hydrogen (secondary N) is 1. The molecule has 3 nitrogen and oxygen atoms in total. The lowest BCUT2D eigenvalue weighted by molar-refractivity contribution is 0.102. The molecule has 0 aliphatic carbocycles. The summed E-state index contributed by atoms with van der Waals surface area (Å²) in [5.41, 5.74) is 6.77. The molecule has 0 saturated heterocycles. The van der Waals surface area contributed by atoms with Gasteiger partial charge < -0.3 is 11.1 Å². The number of hydrogen-bond donors (Lipinski definition) is 2. The highest BCUT2D eigenvalue weighted by Gasteiger charge is 2.12. The average Bonchev–Trinajstić information content (AvgIpc) is 2.43. The molecule has 0 unspecified atom stereocenters. The molecule has 1 amide bonds. The van der Waals surface area contributed by atoms with Gasteiger partial charge in [0.1, 0.15) is 11.6 Å². The van der Waals surface area contributed by atoms with Gasteiger partial charge in [-0.2, -0.15) is 0 Å². The molecule has 5 heteroatoms. The molecule has 0 aromatic heterocycles. The first-order valence-electron chi connectivity index (χ1n) is 6.07. The zero-order valence-corrected chi connectivity index (χ0v) is 10.9. The number of benzene rings is 2. The Hall–Kier alpha value is -2.27. The van der Waals surface area contributed by atoms with Gasteiger partial charge in [0.15, 0.2) is 0 Å². The number of nitrogens with two attached hydrogens (primary N) is 1. The first-order chi connectivity index (χ1) is 9.51. The van der Waals surface area contributed by atoms with Crippen molar-refractivity contribution in [1.29, 1.82) is 0 Å². The van der Waals surface area contributed by atoms with E-state index in [1.165, 1.54) is 30.3 Å².